The third-order valence-corrected chi connectivity index (χ3v) is 3.08. The number of hydrogen-bond acceptors (Lipinski definition) is 3. The molecule has 0 atom stereocenters. The van der Waals surface area contributed by atoms with E-state index in [2.05, 4.69) is 11.4 Å². The monoisotopic (exact) mass is 216 g/mol. The number of anilines is 1. The second-order valence-corrected chi connectivity index (χ2v) is 4.15. The van der Waals surface area contributed by atoms with Gasteiger partial charge in [0.25, 0.3) is 0 Å². The molecule has 15 heavy (non-hydrogen) atoms. The standard InChI is InChI=1S/C11H8N2OS/c1-7(14)13-11-9(6-12)8-4-2-3-5-10(8)15-11/h2-5H,1H3,(H,13,14). The van der Waals surface area contributed by atoms with Crippen molar-refractivity contribution in [2.45, 2.75) is 6.92 Å². The first-order valence-electron chi connectivity index (χ1n) is 4.41. The summed E-state index contributed by atoms with van der Waals surface area (Å²) < 4.78 is 1.01. The van der Waals surface area contributed by atoms with E-state index in [4.69, 9.17) is 5.26 Å². The molecule has 1 N–H and O–H groups in total. The van der Waals surface area contributed by atoms with Crippen molar-refractivity contribution in [1.82, 2.24) is 0 Å². The van der Waals surface area contributed by atoms with Crippen molar-refractivity contribution < 1.29 is 4.79 Å². The van der Waals surface area contributed by atoms with Gasteiger partial charge in [0, 0.05) is 17.0 Å². The fourth-order valence-corrected chi connectivity index (χ4v) is 2.50. The molecule has 2 rings (SSSR count). The van der Waals surface area contributed by atoms with E-state index in [1.165, 1.54) is 18.3 Å². The Balaban J connectivity index is 2.65. The Bertz CT molecular complexity index is 565. The zero-order valence-corrected chi connectivity index (χ0v) is 8.89. The van der Waals surface area contributed by atoms with Crippen LogP contribution in [-0.2, 0) is 4.79 Å². The minimum absolute atomic E-state index is 0.155. The summed E-state index contributed by atoms with van der Waals surface area (Å²) in [6.45, 7) is 1.44. The maximum absolute atomic E-state index is 10.9. The number of carbonyl (C=O) groups is 1. The number of carbonyl (C=O) groups excluding carboxylic acids is 1. The van der Waals surface area contributed by atoms with Crippen molar-refractivity contribution in [2.75, 3.05) is 5.32 Å². The van der Waals surface area contributed by atoms with Crippen LogP contribution in [0.25, 0.3) is 10.1 Å². The van der Waals surface area contributed by atoms with Gasteiger partial charge in [-0.25, -0.2) is 0 Å². The van der Waals surface area contributed by atoms with Crippen molar-refractivity contribution in [3.8, 4) is 6.07 Å². The summed E-state index contributed by atoms with van der Waals surface area (Å²) in [7, 11) is 0. The van der Waals surface area contributed by atoms with Gasteiger partial charge in [-0.3, -0.25) is 4.79 Å². The van der Waals surface area contributed by atoms with E-state index in [1.807, 2.05) is 24.3 Å². The van der Waals surface area contributed by atoms with E-state index in [0.717, 1.165) is 10.1 Å². The van der Waals surface area contributed by atoms with Crippen LogP contribution in [0.15, 0.2) is 24.3 Å². The van der Waals surface area contributed by atoms with Gasteiger partial charge in [0.05, 0.1) is 5.56 Å². The Morgan fingerprint density at radius 3 is 2.87 bits per heavy atom. The Hall–Kier alpha value is -1.86. The van der Waals surface area contributed by atoms with Crippen molar-refractivity contribution in [3.63, 3.8) is 0 Å². The van der Waals surface area contributed by atoms with Gasteiger partial charge >= 0.3 is 0 Å². The van der Waals surface area contributed by atoms with Gasteiger partial charge < -0.3 is 5.32 Å². The maximum atomic E-state index is 10.9. The lowest BCUT2D eigenvalue weighted by atomic mass is 10.2. The molecule has 1 aromatic heterocycles. The average Bonchev–Trinajstić information content (AvgIpc) is 2.53. The predicted octanol–water partition coefficient (Wildman–Crippen LogP) is 2.73. The van der Waals surface area contributed by atoms with Gasteiger partial charge in [0.2, 0.25) is 5.91 Å². The lowest BCUT2D eigenvalue weighted by Gasteiger charge is -1.96. The van der Waals surface area contributed by atoms with Crippen LogP contribution in [0.4, 0.5) is 5.00 Å². The summed E-state index contributed by atoms with van der Waals surface area (Å²) in [5.74, 6) is -0.155. The molecule has 0 aliphatic carbocycles. The lowest BCUT2D eigenvalue weighted by Crippen LogP contribution is -2.04. The Kier molecular flexibility index (Phi) is 2.40. The van der Waals surface area contributed by atoms with Crippen LogP contribution in [0, 0.1) is 11.3 Å². The molecule has 0 saturated carbocycles. The van der Waals surface area contributed by atoms with Gasteiger partial charge in [-0.2, -0.15) is 5.26 Å². The van der Waals surface area contributed by atoms with Gasteiger partial charge in [0.1, 0.15) is 11.1 Å². The lowest BCUT2D eigenvalue weighted by molar-refractivity contribution is -0.114. The largest absolute Gasteiger partial charge is 0.317 e. The molecule has 0 spiro atoms. The molecule has 0 aliphatic heterocycles. The molecular formula is C11H8N2OS. The molecule has 0 saturated heterocycles. The summed E-state index contributed by atoms with van der Waals surface area (Å²) in [6.07, 6.45) is 0. The Morgan fingerprint density at radius 1 is 1.47 bits per heavy atom. The van der Waals surface area contributed by atoms with Gasteiger partial charge in [-0.15, -0.1) is 11.3 Å². The number of fused-ring (bicyclic) bond motifs is 1. The number of rotatable bonds is 1. The molecular weight excluding hydrogens is 208 g/mol. The second-order valence-electron chi connectivity index (χ2n) is 3.10. The van der Waals surface area contributed by atoms with E-state index >= 15 is 0 Å². The fraction of sp³-hybridized carbons (Fsp3) is 0.0909. The highest BCUT2D eigenvalue weighted by atomic mass is 32.1. The molecule has 2 aromatic rings. The molecule has 0 bridgehead atoms. The molecule has 1 amide bonds. The summed E-state index contributed by atoms with van der Waals surface area (Å²) >= 11 is 1.42. The first-order chi connectivity index (χ1) is 7.22. The summed E-state index contributed by atoms with van der Waals surface area (Å²) in [5, 5.41) is 13.2. The van der Waals surface area contributed by atoms with Crippen LogP contribution in [0.2, 0.25) is 0 Å². The normalized spacial score (nSPS) is 9.87. The van der Waals surface area contributed by atoms with Crippen molar-refractivity contribution in [1.29, 1.82) is 5.26 Å². The number of nitriles is 1. The van der Waals surface area contributed by atoms with Gasteiger partial charge in [0.15, 0.2) is 0 Å². The predicted molar refractivity (Wildman–Crippen MR) is 60.8 cm³/mol. The van der Waals surface area contributed by atoms with E-state index in [-0.39, 0.29) is 5.91 Å². The van der Waals surface area contributed by atoms with E-state index < -0.39 is 0 Å². The number of nitrogens with zero attached hydrogens (tertiary/aromatic N) is 1. The minimum atomic E-state index is -0.155. The molecule has 1 aromatic carbocycles. The first kappa shape index (κ1) is 9.69. The Morgan fingerprint density at radius 2 is 2.20 bits per heavy atom. The number of hydrogen-bond donors (Lipinski definition) is 1. The van der Waals surface area contributed by atoms with Gasteiger partial charge in [-0.1, -0.05) is 18.2 Å². The number of amides is 1. The molecule has 0 aliphatic rings. The van der Waals surface area contributed by atoms with Crippen LogP contribution in [0.3, 0.4) is 0 Å². The van der Waals surface area contributed by atoms with Crippen LogP contribution in [-0.4, -0.2) is 5.91 Å². The van der Waals surface area contributed by atoms with Crippen LogP contribution < -0.4 is 5.32 Å². The topological polar surface area (TPSA) is 52.9 Å². The molecule has 74 valence electrons. The van der Waals surface area contributed by atoms with Crippen LogP contribution in [0.5, 0.6) is 0 Å². The third kappa shape index (κ3) is 1.69. The highest BCUT2D eigenvalue weighted by Gasteiger charge is 2.11. The molecule has 4 heteroatoms. The van der Waals surface area contributed by atoms with Crippen LogP contribution in [0.1, 0.15) is 12.5 Å². The maximum Gasteiger partial charge on any atom is 0.221 e. The fourth-order valence-electron chi connectivity index (χ4n) is 1.40. The van der Waals surface area contributed by atoms with Crippen LogP contribution >= 0.6 is 11.3 Å². The Labute approximate surface area is 91.0 Å². The quantitative estimate of drug-likeness (QED) is 0.796. The second kappa shape index (κ2) is 3.71. The average molecular weight is 216 g/mol. The third-order valence-electron chi connectivity index (χ3n) is 2.00. The minimum Gasteiger partial charge on any atom is -0.317 e. The molecule has 0 fully saturated rings. The molecule has 0 unspecified atom stereocenters. The summed E-state index contributed by atoms with van der Waals surface area (Å²) in [4.78, 5) is 10.9. The van der Waals surface area contributed by atoms with Crippen molar-refractivity contribution in [3.05, 3.63) is 29.8 Å². The van der Waals surface area contributed by atoms with E-state index in [9.17, 15) is 4.79 Å². The van der Waals surface area contributed by atoms with Gasteiger partial charge in [-0.05, 0) is 6.07 Å². The zero-order chi connectivity index (χ0) is 10.8. The number of thiophene rings is 1. The molecule has 3 nitrogen and oxygen atoms in total. The number of benzene rings is 1. The van der Waals surface area contributed by atoms with Crippen molar-refractivity contribution in [2.24, 2.45) is 0 Å². The van der Waals surface area contributed by atoms with Crippen molar-refractivity contribution >= 4 is 32.3 Å². The van der Waals surface area contributed by atoms with E-state index in [0.29, 0.717) is 10.6 Å². The first-order valence-corrected chi connectivity index (χ1v) is 5.23. The SMILES string of the molecule is CC(=O)Nc1sc2ccccc2c1C#N. The molecule has 0 radical (unpaired) electrons. The zero-order valence-electron chi connectivity index (χ0n) is 8.07. The summed E-state index contributed by atoms with van der Waals surface area (Å²) in [6, 6.07) is 9.74. The smallest absolute Gasteiger partial charge is 0.221 e. The summed E-state index contributed by atoms with van der Waals surface area (Å²) in [5.41, 5.74) is 0.547. The highest BCUT2D eigenvalue weighted by molar-refractivity contribution is 7.23. The molecule has 1 heterocycles. The van der Waals surface area contributed by atoms with E-state index in [1.54, 1.807) is 0 Å². The highest BCUT2D eigenvalue weighted by Crippen LogP contribution is 2.34. The number of nitrogens with one attached hydrogen (secondary N) is 1.